The third kappa shape index (κ3) is 2.52. The molecule has 0 bridgehead atoms. The average molecular weight is 282 g/mol. The summed E-state index contributed by atoms with van der Waals surface area (Å²) in [4.78, 5) is 23.4. The van der Waals surface area contributed by atoms with Crippen molar-refractivity contribution >= 4 is 22.5 Å². The summed E-state index contributed by atoms with van der Waals surface area (Å²) in [6, 6.07) is 13.9. The number of esters is 1. The Bertz CT molecular complexity index is 745. The molecule has 1 aliphatic rings. The van der Waals surface area contributed by atoms with Crippen LogP contribution in [0.4, 0.5) is 0 Å². The van der Waals surface area contributed by atoms with E-state index in [-0.39, 0.29) is 23.9 Å². The summed E-state index contributed by atoms with van der Waals surface area (Å²) in [6.45, 7) is 0. The van der Waals surface area contributed by atoms with Crippen LogP contribution in [0.2, 0.25) is 0 Å². The van der Waals surface area contributed by atoms with Crippen molar-refractivity contribution in [3.05, 3.63) is 59.9 Å². The van der Waals surface area contributed by atoms with E-state index >= 15 is 0 Å². The Kier molecular flexibility index (Phi) is 3.44. The van der Waals surface area contributed by atoms with E-state index in [1.165, 1.54) is 13.4 Å². The van der Waals surface area contributed by atoms with Gasteiger partial charge in [0, 0.05) is 0 Å². The predicted octanol–water partition coefficient (Wildman–Crippen LogP) is 2.93. The van der Waals surface area contributed by atoms with Crippen LogP contribution in [0.3, 0.4) is 0 Å². The second-order valence-corrected chi connectivity index (χ2v) is 4.88. The molecule has 1 aliphatic heterocycles. The molecule has 2 aromatic carbocycles. The monoisotopic (exact) mass is 282 g/mol. The first kappa shape index (κ1) is 13.4. The van der Waals surface area contributed by atoms with E-state index in [1.807, 2.05) is 42.5 Å². The van der Waals surface area contributed by atoms with Crippen LogP contribution in [-0.4, -0.2) is 18.9 Å². The number of benzene rings is 2. The van der Waals surface area contributed by atoms with Crippen molar-refractivity contribution in [3.8, 4) is 0 Å². The highest BCUT2D eigenvalue weighted by molar-refractivity contribution is 6.17. The van der Waals surface area contributed by atoms with E-state index in [0.717, 1.165) is 16.3 Å². The number of methoxy groups -OCH3 is 1. The van der Waals surface area contributed by atoms with Crippen LogP contribution in [0, 0.1) is 0 Å². The van der Waals surface area contributed by atoms with Crippen LogP contribution < -0.4 is 0 Å². The molecule has 2 aromatic rings. The number of hydrogen-bond acceptors (Lipinski definition) is 4. The molecule has 0 saturated heterocycles. The highest BCUT2D eigenvalue weighted by atomic mass is 16.5. The van der Waals surface area contributed by atoms with E-state index in [2.05, 4.69) is 4.74 Å². The van der Waals surface area contributed by atoms with Gasteiger partial charge in [0.1, 0.15) is 17.9 Å². The van der Waals surface area contributed by atoms with Crippen molar-refractivity contribution in [1.82, 2.24) is 0 Å². The van der Waals surface area contributed by atoms with Crippen molar-refractivity contribution in [1.29, 1.82) is 0 Å². The summed E-state index contributed by atoms with van der Waals surface area (Å²) in [5, 5.41) is 2.22. The molecule has 4 heteroatoms. The third-order valence-electron chi connectivity index (χ3n) is 3.57. The first-order valence-electron chi connectivity index (χ1n) is 6.65. The quantitative estimate of drug-likeness (QED) is 0.627. The maximum Gasteiger partial charge on any atom is 0.344 e. The largest absolute Gasteiger partial charge is 0.492 e. The van der Waals surface area contributed by atoms with Crippen molar-refractivity contribution in [3.63, 3.8) is 0 Å². The SMILES string of the molecule is COC(=O)C1=CO[C@@H](c2ccc3ccccc3c2)CC1=O. The van der Waals surface area contributed by atoms with Gasteiger partial charge in [0.15, 0.2) is 5.78 Å². The van der Waals surface area contributed by atoms with Gasteiger partial charge in [-0.05, 0) is 22.4 Å². The molecule has 3 rings (SSSR count). The molecule has 0 amide bonds. The molecule has 0 fully saturated rings. The number of fused-ring (bicyclic) bond motifs is 1. The molecule has 4 nitrogen and oxygen atoms in total. The summed E-state index contributed by atoms with van der Waals surface area (Å²) in [7, 11) is 1.24. The number of ether oxygens (including phenoxy) is 2. The van der Waals surface area contributed by atoms with Crippen molar-refractivity contribution in [2.24, 2.45) is 0 Å². The first-order valence-corrected chi connectivity index (χ1v) is 6.65. The van der Waals surface area contributed by atoms with E-state index in [0.29, 0.717) is 0 Å². The number of carbonyl (C=O) groups excluding carboxylic acids is 2. The zero-order valence-corrected chi connectivity index (χ0v) is 11.5. The van der Waals surface area contributed by atoms with E-state index < -0.39 is 5.97 Å². The van der Waals surface area contributed by atoms with E-state index in [9.17, 15) is 9.59 Å². The van der Waals surface area contributed by atoms with Crippen molar-refractivity contribution in [2.45, 2.75) is 12.5 Å². The maximum atomic E-state index is 12.0. The fourth-order valence-electron chi connectivity index (χ4n) is 2.42. The Labute approximate surface area is 122 Å². The molecule has 21 heavy (non-hydrogen) atoms. The molecule has 0 aromatic heterocycles. The zero-order chi connectivity index (χ0) is 14.8. The lowest BCUT2D eigenvalue weighted by Gasteiger charge is -2.22. The lowest BCUT2D eigenvalue weighted by atomic mass is 9.96. The standard InChI is InChI=1S/C17H14O4/c1-20-17(19)14-10-21-16(9-15(14)18)13-7-6-11-4-2-3-5-12(11)8-13/h2-8,10,16H,9H2,1H3/t16-/m1/s1. The smallest absolute Gasteiger partial charge is 0.344 e. The molecule has 0 spiro atoms. The van der Waals surface area contributed by atoms with Crippen molar-refractivity contribution in [2.75, 3.05) is 7.11 Å². The zero-order valence-electron chi connectivity index (χ0n) is 11.5. The molecule has 0 saturated carbocycles. The van der Waals surface area contributed by atoms with E-state index in [4.69, 9.17) is 4.74 Å². The molecule has 0 aliphatic carbocycles. The number of hydrogen-bond donors (Lipinski definition) is 0. The molecule has 1 atom stereocenters. The predicted molar refractivity (Wildman–Crippen MR) is 77.5 cm³/mol. The van der Waals surface area contributed by atoms with Crippen LogP contribution in [0.15, 0.2) is 54.3 Å². The average Bonchev–Trinajstić information content (AvgIpc) is 2.53. The fourth-order valence-corrected chi connectivity index (χ4v) is 2.42. The number of carbonyl (C=O) groups is 2. The van der Waals surface area contributed by atoms with Gasteiger partial charge in [0.25, 0.3) is 0 Å². The maximum absolute atomic E-state index is 12.0. The summed E-state index contributed by atoms with van der Waals surface area (Å²) in [5.41, 5.74) is 0.886. The summed E-state index contributed by atoms with van der Waals surface area (Å²) < 4.78 is 10.1. The van der Waals surface area contributed by atoms with Gasteiger partial charge in [0.2, 0.25) is 0 Å². The van der Waals surface area contributed by atoms with Crippen LogP contribution in [0.5, 0.6) is 0 Å². The van der Waals surface area contributed by atoms with Crippen LogP contribution in [0.25, 0.3) is 10.8 Å². The Balaban J connectivity index is 1.89. The second-order valence-electron chi connectivity index (χ2n) is 4.88. The number of ketones is 1. The minimum atomic E-state index is -0.656. The van der Waals surface area contributed by atoms with Gasteiger partial charge >= 0.3 is 5.97 Å². The Morgan fingerprint density at radius 2 is 1.95 bits per heavy atom. The number of rotatable bonds is 2. The van der Waals surface area contributed by atoms with Gasteiger partial charge in [-0.2, -0.15) is 0 Å². The number of Topliss-reactive ketones (excluding diaryl/α,β-unsaturated/α-hetero) is 1. The van der Waals surface area contributed by atoms with Gasteiger partial charge in [-0.25, -0.2) is 4.79 Å². The van der Waals surface area contributed by atoms with Gasteiger partial charge in [-0.3, -0.25) is 4.79 Å². The first-order chi connectivity index (χ1) is 10.2. The van der Waals surface area contributed by atoms with Gasteiger partial charge in [-0.15, -0.1) is 0 Å². The van der Waals surface area contributed by atoms with Crippen LogP contribution >= 0.6 is 0 Å². The lowest BCUT2D eigenvalue weighted by molar-refractivity contribution is -0.139. The second kappa shape index (κ2) is 5.40. The Morgan fingerprint density at radius 1 is 1.19 bits per heavy atom. The minimum Gasteiger partial charge on any atom is -0.492 e. The van der Waals surface area contributed by atoms with E-state index in [1.54, 1.807) is 0 Å². The molecule has 1 heterocycles. The lowest BCUT2D eigenvalue weighted by Crippen LogP contribution is -2.22. The van der Waals surface area contributed by atoms with Crippen molar-refractivity contribution < 1.29 is 19.1 Å². The molecule has 106 valence electrons. The fraction of sp³-hybridized carbons (Fsp3) is 0.176. The van der Waals surface area contributed by atoms with Gasteiger partial charge < -0.3 is 9.47 Å². The molecule has 0 N–H and O–H groups in total. The van der Waals surface area contributed by atoms with Gasteiger partial charge in [-0.1, -0.05) is 36.4 Å². The Hall–Kier alpha value is -2.62. The highest BCUT2D eigenvalue weighted by Crippen LogP contribution is 2.30. The summed E-state index contributed by atoms with van der Waals surface area (Å²) in [6.07, 6.45) is 0.979. The molecule has 0 radical (unpaired) electrons. The normalized spacial score (nSPS) is 18.0. The minimum absolute atomic E-state index is 0.0328. The van der Waals surface area contributed by atoms with Gasteiger partial charge in [0.05, 0.1) is 13.5 Å². The summed E-state index contributed by atoms with van der Waals surface area (Å²) >= 11 is 0. The summed E-state index contributed by atoms with van der Waals surface area (Å²) in [5.74, 6) is -0.914. The third-order valence-corrected chi connectivity index (χ3v) is 3.57. The van der Waals surface area contributed by atoms with Crippen LogP contribution in [0.1, 0.15) is 18.1 Å². The molecular weight excluding hydrogens is 268 g/mol. The highest BCUT2D eigenvalue weighted by Gasteiger charge is 2.29. The Morgan fingerprint density at radius 3 is 2.67 bits per heavy atom. The molecule has 0 unspecified atom stereocenters. The topological polar surface area (TPSA) is 52.6 Å². The van der Waals surface area contributed by atoms with Crippen LogP contribution in [-0.2, 0) is 19.1 Å². The molecular formula is C17H14O4.